The minimum atomic E-state index is -3.77. The van der Waals surface area contributed by atoms with Crippen LogP contribution in [0.2, 0.25) is 0 Å². The number of sulfonamides is 1. The Kier molecular flexibility index (Phi) is 7.51. The van der Waals surface area contributed by atoms with Gasteiger partial charge < -0.3 is 10.1 Å². The summed E-state index contributed by atoms with van der Waals surface area (Å²) < 4.78 is 34.0. The van der Waals surface area contributed by atoms with Crippen molar-refractivity contribution in [2.24, 2.45) is 0 Å². The Morgan fingerprint density at radius 2 is 1.93 bits per heavy atom. The van der Waals surface area contributed by atoms with Crippen molar-refractivity contribution >= 4 is 33.4 Å². The second kappa shape index (κ2) is 9.45. The third-order valence-corrected chi connectivity index (χ3v) is 6.58. The number of hydrogen-bond acceptors (Lipinski definition) is 5. The van der Waals surface area contributed by atoms with Crippen LogP contribution in [0.5, 0.6) is 5.75 Å². The number of carbonyl (C=O) groups is 1. The van der Waals surface area contributed by atoms with Gasteiger partial charge in [-0.1, -0.05) is 19.1 Å². The fourth-order valence-corrected chi connectivity index (χ4v) is 4.77. The van der Waals surface area contributed by atoms with Gasteiger partial charge in [0.25, 0.3) is 0 Å². The third kappa shape index (κ3) is 5.27. The number of thioether (sulfide) groups is 1. The van der Waals surface area contributed by atoms with E-state index in [-0.39, 0.29) is 16.8 Å². The summed E-state index contributed by atoms with van der Waals surface area (Å²) in [5, 5.41) is 2.69. The van der Waals surface area contributed by atoms with Gasteiger partial charge in [-0.05, 0) is 55.0 Å². The zero-order valence-corrected chi connectivity index (χ0v) is 18.3. The Morgan fingerprint density at radius 1 is 1.21 bits per heavy atom. The highest BCUT2D eigenvalue weighted by Crippen LogP contribution is 2.30. The summed E-state index contributed by atoms with van der Waals surface area (Å²) in [6.07, 6.45) is 2.46. The number of rotatable bonds is 8. The molecular formula is C20H26N2O4S2. The highest BCUT2D eigenvalue weighted by molar-refractivity contribution is 7.98. The van der Waals surface area contributed by atoms with Crippen LogP contribution < -0.4 is 14.8 Å². The first-order valence-corrected chi connectivity index (χ1v) is 11.5. The van der Waals surface area contributed by atoms with Crippen molar-refractivity contribution in [3.05, 3.63) is 47.5 Å². The Balaban J connectivity index is 2.35. The average Bonchev–Trinajstić information content (AvgIpc) is 2.65. The molecule has 0 heterocycles. The van der Waals surface area contributed by atoms with Crippen molar-refractivity contribution < 1.29 is 17.9 Å². The molecule has 2 aromatic rings. The zero-order valence-electron chi connectivity index (χ0n) is 16.7. The van der Waals surface area contributed by atoms with Crippen LogP contribution in [-0.4, -0.2) is 27.7 Å². The van der Waals surface area contributed by atoms with Crippen LogP contribution in [0.25, 0.3) is 0 Å². The van der Waals surface area contributed by atoms with E-state index in [0.29, 0.717) is 12.1 Å². The van der Waals surface area contributed by atoms with Crippen molar-refractivity contribution in [3.63, 3.8) is 0 Å². The van der Waals surface area contributed by atoms with Crippen molar-refractivity contribution in [1.29, 1.82) is 0 Å². The SMILES string of the molecule is CCC(NS(=O)(=O)c1ccc(SC)c(NC(C)=O)c1)c1ccc(OC)c(C)c1. The molecule has 1 amide bonds. The van der Waals surface area contributed by atoms with E-state index in [9.17, 15) is 13.2 Å². The van der Waals surface area contributed by atoms with Crippen molar-refractivity contribution in [2.75, 3.05) is 18.7 Å². The lowest BCUT2D eigenvalue weighted by atomic mass is 10.0. The van der Waals surface area contributed by atoms with E-state index in [4.69, 9.17) is 4.74 Å². The van der Waals surface area contributed by atoms with Gasteiger partial charge in [0.1, 0.15) is 5.75 Å². The van der Waals surface area contributed by atoms with Gasteiger partial charge in [0.05, 0.1) is 17.7 Å². The van der Waals surface area contributed by atoms with Gasteiger partial charge in [-0.15, -0.1) is 11.8 Å². The molecule has 1 atom stereocenters. The van der Waals surface area contributed by atoms with Crippen LogP contribution >= 0.6 is 11.8 Å². The van der Waals surface area contributed by atoms with Crippen LogP contribution in [0.4, 0.5) is 5.69 Å². The van der Waals surface area contributed by atoms with E-state index < -0.39 is 10.0 Å². The van der Waals surface area contributed by atoms with Crippen LogP contribution in [-0.2, 0) is 14.8 Å². The molecule has 0 aliphatic rings. The maximum Gasteiger partial charge on any atom is 0.241 e. The van der Waals surface area contributed by atoms with E-state index in [2.05, 4.69) is 10.0 Å². The predicted octanol–water partition coefficient (Wildman–Crippen LogP) is 4.11. The van der Waals surface area contributed by atoms with E-state index >= 15 is 0 Å². The van der Waals surface area contributed by atoms with E-state index in [1.807, 2.05) is 38.3 Å². The highest BCUT2D eigenvalue weighted by atomic mass is 32.2. The van der Waals surface area contributed by atoms with Gasteiger partial charge in [-0.3, -0.25) is 4.79 Å². The summed E-state index contributed by atoms with van der Waals surface area (Å²) in [7, 11) is -2.17. The molecule has 0 saturated heterocycles. The lowest BCUT2D eigenvalue weighted by Gasteiger charge is -2.19. The number of amides is 1. The Bertz CT molecular complexity index is 959. The molecule has 0 fully saturated rings. The molecule has 2 rings (SSSR count). The van der Waals surface area contributed by atoms with Crippen LogP contribution in [0.1, 0.15) is 37.4 Å². The maximum atomic E-state index is 13.0. The Morgan fingerprint density at radius 3 is 2.46 bits per heavy atom. The molecule has 152 valence electrons. The predicted molar refractivity (Wildman–Crippen MR) is 114 cm³/mol. The van der Waals surface area contributed by atoms with Crippen molar-refractivity contribution in [2.45, 2.75) is 43.0 Å². The topological polar surface area (TPSA) is 84.5 Å². The summed E-state index contributed by atoms with van der Waals surface area (Å²) in [4.78, 5) is 12.3. The summed E-state index contributed by atoms with van der Waals surface area (Å²) in [5.74, 6) is 0.506. The maximum absolute atomic E-state index is 13.0. The van der Waals surface area contributed by atoms with E-state index in [1.165, 1.54) is 24.8 Å². The number of carbonyl (C=O) groups excluding carboxylic acids is 1. The number of benzene rings is 2. The number of hydrogen-bond donors (Lipinski definition) is 2. The van der Waals surface area contributed by atoms with Crippen LogP contribution in [0, 0.1) is 6.92 Å². The lowest BCUT2D eigenvalue weighted by molar-refractivity contribution is -0.114. The summed E-state index contributed by atoms with van der Waals surface area (Å²) in [6.45, 7) is 5.24. The van der Waals surface area contributed by atoms with Crippen LogP contribution in [0.15, 0.2) is 46.2 Å². The van der Waals surface area contributed by atoms with Crippen LogP contribution in [0.3, 0.4) is 0 Å². The molecule has 0 saturated carbocycles. The standard InChI is InChI=1S/C20H26N2O4S2/c1-6-17(15-7-9-19(26-4)13(2)11-15)22-28(24,25)16-8-10-20(27-5)18(12-16)21-14(3)23/h7-12,17,22H,6H2,1-5H3,(H,21,23). The monoisotopic (exact) mass is 422 g/mol. The fourth-order valence-electron chi connectivity index (χ4n) is 2.90. The molecule has 2 aromatic carbocycles. The molecule has 0 radical (unpaired) electrons. The molecule has 0 aromatic heterocycles. The second-order valence-electron chi connectivity index (χ2n) is 6.35. The molecule has 2 N–H and O–H groups in total. The Hall–Kier alpha value is -2.03. The quantitative estimate of drug-likeness (QED) is 0.625. The molecular weight excluding hydrogens is 396 g/mol. The summed E-state index contributed by atoms with van der Waals surface area (Å²) >= 11 is 1.44. The number of methoxy groups -OCH3 is 1. The highest BCUT2D eigenvalue weighted by Gasteiger charge is 2.22. The van der Waals surface area contributed by atoms with E-state index in [0.717, 1.165) is 21.8 Å². The molecule has 8 heteroatoms. The molecule has 28 heavy (non-hydrogen) atoms. The molecule has 6 nitrogen and oxygen atoms in total. The Labute approximate surface area is 171 Å². The van der Waals surface area contributed by atoms with Gasteiger partial charge >= 0.3 is 0 Å². The van der Waals surface area contributed by atoms with Gasteiger partial charge in [0, 0.05) is 17.9 Å². The first-order valence-electron chi connectivity index (χ1n) is 8.84. The first kappa shape index (κ1) is 22.3. The fraction of sp³-hybridized carbons (Fsp3) is 0.350. The lowest BCUT2D eigenvalue weighted by Crippen LogP contribution is -2.28. The smallest absolute Gasteiger partial charge is 0.241 e. The molecule has 0 aliphatic heterocycles. The van der Waals surface area contributed by atoms with Crippen molar-refractivity contribution in [3.8, 4) is 5.75 Å². The first-order chi connectivity index (χ1) is 13.2. The van der Waals surface area contributed by atoms with Gasteiger partial charge in [0.2, 0.25) is 15.9 Å². The second-order valence-corrected chi connectivity index (χ2v) is 8.92. The summed E-state index contributed by atoms with van der Waals surface area (Å²) in [5.41, 5.74) is 2.29. The minimum Gasteiger partial charge on any atom is -0.496 e. The number of anilines is 1. The van der Waals surface area contributed by atoms with Gasteiger partial charge in [-0.25, -0.2) is 13.1 Å². The minimum absolute atomic E-state index is 0.109. The number of aryl methyl sites for hydroxylation is 1. The molecule has 0 bridgehead atoms. The average molecular weight is 423 g/mol. The van der Waals surface area contributed by atoms with Crippen molar-refractivity contribution in [1.82, 2.24) is 4.72 Å². The third-order valence-electron chi connectivity index (χ3n) is 4.32. The molecule has 0 aliphatic carbocycles. The summed E-state index contributed by atoms with van der Waals surface area (Å²) in [6, 6.07) is 9.98. The van der Waals surface area contributed by atoms with Gasteiger partial charge in [0.15, 0.2) is 0 Å². The van der Waals surface area contributed by atoms with Gasteiger partial charge in [-0.2, -0.15) is 0 Å². The van der Waals surface area contributed by atoms with E-state index in [1.54, 1.807) is 19.2 Å². The number of ether oxygens (including phenoxy) is 1. The molecule has 0 spiro atoms. The zero-order chi connectivity index (χ0) is 20.9. The largest absolute Gasteiger partial charge is 0.496 e. The number of nitrogens with one attached hydrogen (secondary N) is 2. The molecule has 1 unspecified atom stereocenters. The normalized spacial score (nSPS) is 12.5.